The fourth-order valence-electron chi connectivity index (χ4n) is 9.46. The SMILES string of the molecule is CC(C)(C)c1ccc(N(c2ccc(C(C)(C)C)cc2)c2cc3c4c(c2)N(c2ccc(C(C)(C)C)cc2)c2ccccc2B4c2ccccc2N3c2ccc(C(C)(C)C)cc2)cc1. The summed E-state index contributed by atoms with van der Waals surface area (Å²) in [5.74, 6) is 0. The lowest BCUT2D eigenvalue weighted by atomic mass is 9.33. The number of fused-ring (bicyclic) bond motifs is 4. The molecule has 0 bridgehead atoms. The van der Waals surface area contributed by atoms with Crippen molar-refractivity contribution in [1.29, 1.82) is 0 Å². The van der Waals surface area contributed by atoms with E-state index in [0.29, 0.717) is 0 Å². The van der Waals surface area contributed by atoms with Crippen LogP contribution in [0.5, 0.6) is 0 Å². The summed E-state index contributed by atoms with van der Waals surface area (Å²) in [5.41, 5.74) is 19.9. The smallest absolute Gasteiger partial charge is 0.252 e. The van der Waals surface area contributed by atoms with Gasteiger partial charge in [0.1, 0.15) is 0 Å². The van der Waals surface area contributed by atoms with E-state index in [2.05, 4.69) is 256 Å². The Bertz CT molecular complexity index is 2570. The number of nitrogens with zero attached hydrogens (tertiary/aromatic N) is 3. The Labute approximate surface area is 372 Å². The van der Waals surface area contributed by atoms with Gasteiger partial charge in [0.15, 0.2) is 0 Å². The predicted octanol–water partition coefficient (Wildman–Crippen LogP) is 14.4. The molecule has 9 rings (SSSR count). The van der Waals surface area contributed by atoms with Crippen LogP contribution in [-0.4, -0.2) is 6.71 Å². The maximum Gasteiger partial charge on any atom is 0.252 e. The van der Waals surface area contributed by atoms with Crippen molar-refractivity contribution >= 4 is 74.3 Å². The van der Waals surface area contributed by atoms with Gasteiger partial charge >= 0.3 is 0 Å². The number of para-hydroxylation sites is 2. The average Bonchev–Trinajstić information content (AvgIpc) is 3.23. The number of rotatable bonds is 5. The summed E-state index contributed by atoms with van der Waals surface area (Å²) in [7, 11) is 0. The molecule has 2 aliphatic heterocycles. The van der Waals surface area contributed by atoms with Gasteiger partial charge in [-0.15, -0.1) is 0 Å². The molecule has 0 saturated carbocycles. The van der Waals surface area contributed by atoms with Crippen molar-refractivity contribution in [2.75, 3.05) is 14.7 Å². The average molecular weight is 812 g/mol. The van der Waals surface area contributed by atoms with Gasteiger partial charge in [-0.3, -0.25) is 0 Å². The van der Waals surface area contributed by atoms with Crippen LogP contribution in [-0.2, 0) is 21.7 Å². The molecule has 2 aliphatic rings. The third kappa shape index (κ3) is 7.32. The van der Waals surface area contributed by atoms with Crippen molar-refractivity contribution in [3.63, 3.8) is 0 Å². The Morgan fingerprint density at radius 3 is 0.968 bits per heavy atom. The van der Waals surface area contributed by atoms with Gasteiger partial charge < -0.3 is 14.7 Å². The van der Waals surface area contributed by atoms with Gasteiger partial charge in [-0.2, -0.15) is 0 Å². The zero-order chi connectivity index (χ0) is 43.9. The van der Waals surface area contributed by atoms with Gasteiger partial charge in [0.25, 0.3) is 6.71 Å². The number of anilines is 9. The molecule has 3 nitrogen and oxygen atoms in total. The molecule has 0 aromatic heterocycles. The van der Waals surface area contributed by atoms with Crippen LogP contribution < -0.4 is 31.1 Å². The lowest BCUT2D eigenvalue weighted by molar-refractivity contribution is 0.590. The second-order valence-corrected chi connectivity index (χ2v) is 21.6. The van der Waals surface area contributed by atoms with Gasteiger partial charge in [0.2, 0.25) is 0 Å². The topological polar surface area (TPSA) is 9.72 Å². The van der Waals surface area contributed by atoms with E-state index in [-0.39, 0.29) is 28.4 Å². The normalized spacial score (nSPS) is 13.7. The number of benzene rings is 7. The van der Waals surface area contributed by atoms with Gasteiger partial charge in [0, 0.05) is 45.5 Å². The molecule has 62 heavy (non-hydrogen) atoms. The molecular formula is C58H62BN3. The molecule has 0 saturated heterocycles. The summed E-state index contributed by atoms with van der Waals surface area (Å²) in [6.45, 7) is 27.5. The van der Waals surface area contributed by atoms with Crippen molar-refractivity contribution in [2.24, 2.45) is 0 Å². The molecular weight excluding hydrogens is 749 g/mol. The largest absolute Gasteiger partial charge is 0.311 e. The van der Waals surface area contributed by atoms with Crippen LogP contribution >= 0.6 is 0 Å². The predicted molar refractivity (Wildman–Crippen MR) is 270 cm³/mol. The van der Waals surface area contributed by atoms with Crippen LogP contribution in [0, 0.1) is 0 Å². The van der Waals surface area contributed by atoms with Crippen molar-refractivity contribution in [3.05, 3.63) is 180 Å². The molecule has 2 heterocycles. The first-order valence-electron chi connectivity index (χ1n) is 22.5. The summed E-state index contributed by atoms with van der Waals surface area (Å²) in [4.78, 5) is 7.52. The van der Waals surface area contributed by atoms with Gasteiger partial charge in [-0.05, 0) is 133 Å². The van der Waals surface area contributed by atoms with Crippen LogP contribution in [0.1, 0.15) is 105 Å². The zero-order valence-electron chi connectivity index (χ0n) is 38.9. The van der Waals surface area contributed by atoms with Crippen LogP contribution in [0.25, 0.3) is 0 Å². The van der Waals surface area contributed by atoms with Crippen LogP contribution in [0.2, 0.25) is 0 Å². The number of hydrogen-bond donors (Lipinski definition) is 0. The van der Waals surface area contributed by atoms with Gasteiger partial charge in [-0.1, -0.05) is 168 Å². The van der Waals surface area contributed by atoms with Crippen molar-refractivity contribution < 1.29 is 0 Å². The van der Waals surface area contributed by atoms with E-state index in [0.717, 1.165) is 28.4 Å². The summed E-state index contributed by atoms with van der Waals surface area (Å²) < 4.78 is 0. The fraction of sp³-hybridized carbons (Fsp3) is 0.276. The van der Waals surface area contributed by atoms with Gasteiger partial charge in [0.05, 0.1) is 5.69 Å². The maximum absolute atomic E-state index is 2.53. The first-order valence-corrected chi connectivity index (χ1v) is 22.5. The van der Waals surface area contributed by atoms with Crippen LogP contribution in [0.4, 0.5) is 51.2 Å². The monoisotopic (exact) mass is 812 g/mol. The van der Waals surface area contributed by atoms with E-state index in [4.69, 9.17) is 0 Å². The molecule has 7 aromatic carbocycles. The van der Waals surface area contributed by atoms with E-state index >= 15 is 0 Å². The molecule has 4 heteroatoms. The number of hydrogen-bond acceptors (Lipinski definition) is 3. The molecule has 0 atom stereocenters. The molecule has 0 spiro atoms. The summed E-state index contributed by atoms with van der Waals surface area (Å²) in [6, 6.07) is 60.1. The van der Waals surface area contributed by atoms with Gasteiger partial charge in [-0.25, -0.2) is 0 Å². The summed E-state index contributed by atoms with van der Waals surface area (Å²) >= 11 is 0. The quantitative estimate of drug-likeness (QED) is 0.160. The minimum atomic E-state index is 0.0373. The lowest BCUT2D eigenvalue weighted by Crippen LogP contribution is -2.61. The fourth-order valence-corrected chi connectivity index (χ4v) is 9.46. The first kappa shape index (κ1) is 41.4. The lowest BCUT2D eigenvalue weighted by Gasteiger charge is -2.45. The molecule has 312 valence electrons. The van der Waals surface area contributed by atoms with Crippen molar-refractivity contribution in [3.8, 4) is 0 Å². The van der Waals surface area contributed by atoms with E-state index in [1.807, 2.05) is 0 Å². The highest BCUT2D eigenvalue weighted by molar-refractivity contribution is 7.00. The summed E-state index contributed by atoms with van der Waals surface area (Å²) in [5, 5.41) is 0. The first-order chi connectivity index (χ1) is 29.3. The van der Waals surface area contributed by atoms with E-state index in [9.17, 15) is 0 Å². The standard InChI is InChI=1S/C58H62BN3/c1-55(2,3)39-21-29-43(30-22-39)60(44-31-23-40(24-32-44)56(4,5)6)47-37-52-54-53(38-47)62(46-35-27-42(28-36-46)58(10,11)12)51-20-16-14-18-49(51)59(54)48-17-13-15-19-50(48)61(52)45-33-25-41(26-34-45)57(7,8)9/h13-38H,1-12H3. The van der Waals surface area contributed by atoms with E-state index in [1.54, 1.807) is 0 Å². The minimum Gasteiger partial charge on any atom is -0.311 e. The van der Waals surface area contributed by atoms with E-state index in [1.165, 1.54) is 61.4 Å². The molecule has 0 amide bonds. The molecule has 0 unspecified atom stereocenters. The highest BCUT2D eigenvalue weighted by Crippen LogP contribution is 2.48. The highest BCUT2D eigenvalue weighted by Gasteiger charge is 2.44. The second kappa shape index (κ2) is 14.8. The molecule has 0 fully saturated rings. The molecule has 0 N–H and O–H groups in total. The highest BCUT2D eigenvalue weighted by atomic mass is 15.2. The Balaban J connectivity index is 1.36. The van der Waals surface area contributed by atoms with Crippen molar-refractivity contribution in [2.45, 2.75) is 105 Å². The van der Waals surface area contributed by atoms with Crippen LogP contribution in [0.15, 0.2) is 158 Å². The Hall–Kier alpha value is -6.00. The van der Waals surface area contributed by atoms with Crippen LogP contribution in [0.3, 0.4) is 0 Å². The third-order valence-electron chi connectivity index (χ3n) is 13.1. The second-order valence-electron chi connectivity index (χ2n) is 21.6. The summed E-state index contributed by atoms with van der Waals surface area (Å²) in [6.07, 6.45) is 0. The Kier molecular flexibility index (Phi) is 9.89. The minimum absolute atomic E-state index is 0.0373. The molecule has 0 radical (unpaired) electrons. The zero-order valence-corrected chi connectivity index (χ0v) is 38.9. The van der Waals surface area contributed by atoms with Crippen molar-refractivity contribution in [1.82, 2.24) is 0 Å². The Morgan fingerprint density at radius 2 is 0.645 bits per heavy atom. The molecule has 0 aliphatic carbocycles. The van der Waals surface area contributed by atoms with E-state index < -0.39 is 0 Å². The molecule has 7 aromatic rings. The Morgan fingerprint density at radius 1 is 0.339 bits per heavy atom. The maximum atomic E-state index is 2.53. The third-order valence-corrected chi connectivity index (χ3v) is 13.1.